The van der Waals surface area contributed by atoms with Gasteiger partial charge in [0.15, 0.2) is 23.0 Å². The van der Waals surface area contributed by atoms with Crippen molar-refractivity contribution in [2.45, 2.75) is 171 Å². The Morgan fingerprint density at radius 1 is 0.508 bits per heavy atom. The Hall–Kier alpha value is -4.98. The van der Waals surface area contributed by atoms with Crippen LogP contribution in [0.5, 0.6) is 23.0 Å². The molecule has 10 nitrogen and oxygen atoms in total. The van der Waals surface area contributed by atoms with Crippen molar-refractivity contribution in [3.63, 3.8) is 0 Å². The summed E-state index contributed by atoms with van der Waals surface area (Å²) in [7, 11) is 0. The second kappa shape index (κ2) is 31.0. The third kappa shape index (κ3) is 18.4. The molecule has 0 amide bonds. The topological polar surface area (TPSA) is 186 Å². The first kappa shape index (κ1) is 58.0. The van der Waals surface area contributed by atoms with Crippen LogP contribution in [0.3, 0.4) is 0 Å². The van der Waals surface area contributed by atoms with Gasteiger partial charge in [0.25, 0.3) is 0 Å². The van der Waals surface area contributed by atoms with Crippen LogP contribution >= 0.6 is 0 Å². The second-order valence-corrected chi connectivity index (χ2v) is 16.3. The van der Waals surface area contributed by atoms with Crippen molar-refractivity contribution in [2.75, 3.05) is 0 Å². The molecule has 0 atom stereocenters. The van der Waals surface area contributed by atoms with Gasteiger partial charge in [-0.15, -0.1) is 0 Å². The Kier molecular flexibility index (Phi) is 27.7. The van der Waals surface area contributed by atoms with Crippen LogP contribution in [0.1, 0.15) is 185 Å². The number of benzene rings is 4. The molecule has 4 aromatic rings. The van der Waals surface area contributed by atoms with Crippen LogP contribution in [0.25, 0.3) is 0 Å². The van der Waals surface area contributed by atoms with Crippen LogP contribution in [-0.4, -0.2) is 44.3 Å². The van der Waals surface area contributed by atoms with Gasteiger partial charge in [-0.05, 0) is 145 Å². The predicted molar refractivity (Wildman–Crippen MR) is 259 cm³/mol. The summed E-state index contributed by atoms with van der Waals surface area (Å²) in [5.41, 5.74) is 10.8. The molecule has 4 aromatic carbocycles. The summed E-state index contributed by atoms with van der Waals surface area (Å²) < 4.78 is 0. The molecule has 65 heavy (non-hydrogen) atoms. The number of aromatic hydroxyl groups is 4. The van der Waals surface area contributed by atoms with Crippen LogP contribution in [-0.2, 0) is 71.8 Å². The van der Waals surface area contributed by atoms with Crippen molar-refractivity contribution in [3.8, 4) is 23.0 Å². The van der Waals surface area contributed by atoms with Gasteiger partial charge in [0.05, 0.1) is 29.0 Å². The first-order chi connectivity index (χ1) is 30.7. The average molecular weight is 986 g/mol. The van der Waals surface area contributed by atoms with Crippen LogP contribution in [0.15, 0.2) is 58.5 Å². The number of aliphatic imine (C=N–C) groups is 2. The Labute approximate surface area is 402 Å². The number of rotatable bonds is 22. The summed E-state index contributed by atoms with van der Waals surface area (Å²) in [6.45, 7) is 18.7. The number of unbranched alkanes of at least 4 members (excludes halogenated alkanes) is 1. The molecule has 0 bridgehead atoms. The summed E-state index contributed by atoms with van der Waals surface area (Å²) in [4.78, 5) is 31.8. The van der Waals surface area contributed by atoms with Crippen molar-refractivity contribution < 1.29 is 60.7 Å². The molecular weight excluding hydrogens is 911 g/mol. The van der Waals surface area contributed by atoms with Gasteiger partial charge < -0.3 is 40.2 Å². The van der Waals surface area contributed by atoms with Gasteiger partial charge in [-0.3, -0.25) is 9.98 Å². The number of nitrogens with zero attached hydrogens (tertiary/aromatic N) is 2. The van der Waals surface area contributed by atoms with Crippen LogP contribution in [0.2, 0.25) is 0 Å². The Morgan fingerprint density at radius 2 is 0.862 bits per heavy atom. The largest absolute Gasteiger partial charge is 2.00 e. The summed E-state index contributed by atoms with van der Waals surface area (Å²) in [6, 6.07) is 16.6. The molecule has 4 N–H and O–H groups in total. The van der Waals surface area contributed by atoms with Gasteiger partial charge in [0.2, 0.25) is 0 Å². The number of aryl methyl sites for hydroxylation is 6. The fourth-order valence-corrected chi connectivity index (χ4v) is 7.92. The number of phenolic OH excluding ortho intramolecular Hbond substituents is 2. The minimum absolute atomic E-state index is 0. The second-order valence-electron chi connectivity index (χ2n) is 16.3. The molecular formula is C54H74N2O8Pd. The zero-order valence-electron chi connectivity index (χ0n) is 40.3. The average Bonchev–Trinajstić information content (AvgIpc) is 3.24. The summed E-state index contributed by atoms with van der Waals surface area (Å²) >= 11 is 0. The van der Waals surface area contributed by atoms with Gasteiger partial charge in [0, 0.05) is 17.3 Å². The normalized spacial score (nSPS) is 11.1. The van der Waals surface area contributed by atoms with Crippen molar-refractivity contribution >= 4 is 35.2 Å². The van der Waals surface area contributed by atoms with E-state index in [0.29, 0.717) is 36.8 Å². The number of hydrogen-bond acceptors (Lipinski definition) is 10. The van der Waals surface area contributed by atoms with Gasteiger partial charge in [-0.1, -0.05) is 119 Å². The Morgan fingerprint density at radius 3 is 1.17 bits per heavy atom. The zero-order chi connectivity index (χ0) is 47.8. The molecule has 0 saturated heterocycles. The quantitative estimate of drug-likeness (QED) is 0.0340. The Bertz CT molecular complexity index is 2050. The molecule has 0 aliphatic rings. The van der Waals surface area contributed by atoms with E-state index in [1.54, 1.807) is 13.8 Å². The van der Waals surface area contributed by atoms with Crippen molar-refractivity contribution in [3.05, 3.63) is 104 Å². The van der Waals surface area contributed by atoms with Gasteiger partial charge in [0.1, 0.15) is 0 Å². The van der Waals surface area contributed by atoms with E-state index in [4.69, 9.17) is 9.98 Å². The molecule has 0 aromatic heterocycles. The third-order valence-corrected chi connectivity index (χ3v) is 10.8. The zero-order valence-corrected chi connectivity index (χ0v) is 41.9. The monoisotopic (exact) mass is 984 g/mol. The first-order valence-corrected chi connectivity index (χ1v) is 23.6. The number of carbonyl (C=O) groups is 2. The van der Waals surface area contributed by atoms with Crippen molar-refractivity contribution in [2.24, 2.45) is 9.98 Å². The molecule has 0 aliphatic carbocycles. The fourth-order valence-electron chi connectivity index (χ4n) is 7.92. The summed E-state index contributed by atoms with van der Waals surface area (Å²) in [5.74, 6) is -4.92. The van der Waals surface area contributed by atoms with E-state index in [1.165, 1.54) is 34.4 Å². The van der Waals surface area contributed by atoms with E-state index in [9.17, 15) is 40.2 Å². The number of phenols is 4. The number of carboxylic acids is 2. The van der Waals surface area contributed by atoms with E-state index in [-0.39, 0.29) is 31.5 Å². The smallest absolute Gasteiger partial charge is 0.545 e. The predicted octanol–water partition coefficient (Wildman–Crippen LogP) is 11.1. The molecule has 0 fully saturated rings. The van der Waals surface area contributed by atoms with E-state index >= 15 is 0 Å². The molecule has 0 aliphatic heterocycles. The van der Waals surface area contributed by atoms with Crippen LogP contribution in [0, 0.1) is 0 Å². The first-order valence-electron chi connectivity index (χ1n) is 23.6. The number of carbonyl (C=O) groups excluding carboxylic acids is 2. The number of carboxylic acid groups (broad SMARTS) is 2. The molecule has 0 unspecified atom stereocenters. The number of hydrogen-bond donors (Lipinski definition) is 4. The molecule has 4 rings (SSSR count). The van der Waals surface area contributed by atoms with E-state index in [2.05, 4.69) is 71.0 Å². The third-order valence-electron chi connectivity index (χ3n) is 10.8. The molecule has 0 heterocycles. The molecule has 0 spiro atoms. The summed E-state index contributed by atoms with van der Waals surface area (Å²) in [6.07, 6.45) is 18.4. The van der Waals surface area contributed by atoms with Crippen LogP contribution < -0.4 is 10.2 Å². The molecule has 11 heteroatoms. The minimum Gasteiger partial charge on any atom is -0.545 e. The van der Waals surface area contributed by atoms with E-state index in [0.717, 1.165) is 112 Å². The molecule has 0 saturated carbocycles. The van der Waals surface area contributed by atoms with Crippen molar-refractivity contribution in [1.82, 2.24) is 0 Å². The van der Waals surface area contributed by atoms with Gasteiger partial charge in [-0.25, -0.2) is 0 Å². The standard InChI is InChI=1S/C30H44N2.2C12H16O4.Pd/c1-6-11-16-28(32-30-21-26(14-9-4)18-27(22-30)15-10-5)23-31-29-19-24(12-7-2)17-25(20-29)13-8-3;2*1-3-5-7-6-9(13)11(14)10(12(15)16)8(7)4-2;/h17-23H,6-16H2,1-5H3;2*6,13-14H,3-5H2,1-2H3,(H,15,16);/q;;;+2/p-2. The van der Waals surface area contributed by atoms with Gasteiger partial charge in [-0.2, -0.15) is 0 Å². The summed E-state index contributed by atoms with van der Waals surface area (Å²) in [5, 5.41) is 59.7. The minimum atomic E-state index is -1.46. The van der Waals surface area contributed by atoms with Gasteiger partial charge >= 0.3 is 20.4 Å². The fraction of sp³-hybridized carbons (Fsp3) is 0.481. The van der Waals surface area contributed by atoms with E-state index in [1.807, 2.05) is 20.1 Å². The Balaban J connectivity index is 0.000000537. The maximum absolute atomic E-state index is 10.9. The maximum atomic E-state index is 10.9. The molecule has 358 valence electrons. The van der Waals surface area contributed by atoms with Crippen molar-refractivity contribution in [1.29, 1.82) is 0 Å². The SMILES string of the molecule is CCCCC(C=Nc1cc(CCC)cc(CCC)c1)=Nc1cc(CCC)cc(CCC)c1.CCCc1cc(O)c(O)c(C(=O)[O-])c1CC.CCCc1cc(O)c(O)c(C(=O)[O-])c1CC.[Pd+2]. The van der Waals surface area contributed by atoms with E-state index < -0.39 is 34.9 Å². The molecule has 0 radical (unpaired) electrons. The number of aromatic carboxylic acids is 2. The van der Waals surface area contributed by atoms with Crippen LogP contribution in [0.4, 0.5) is 11.4 Å². The maximum Gasteiger partial charge on any atom is 2.00 e.